The molecule has 0 saturated carbocycles. The Bertz CT molecular complexity index is 561. The molecule has 0 unspecified atom stereocenters. The van der Waals surface area contributed by atoms with Gasteiger partial charge in [0.05, 0.1) is 5.02 Å². The molecule has 3 nitrogen and oxygen atoms in total. The van der Waals surface area contributed by atoms with Crippen molar-refractivity contribution in [1.82, 2.24) is 4.31 Å². The van der Waals surface area contributed by atoms with Crippen molar-refractivity contribution in [3.63, 3.8) is 0 Å². The molecule has 0 spiro atoms. The molecule has 0 aliphatic rings. The molecule has 0 amide bonds. The van der Waals surface area contributed by atoms with Crippen LogP contribution in [0.3, 0.4) is 0 Å². The lowest BCUT2D eigenvalue weighted by Crippen LogP contribution is -2.28. The van der Waals surface area contributed by atoms with Crippen LogP contribution >= 0.6 is 34.8 Å². The van der Waals surface area contributed by atoms with Gasteiger partial charge >= 0.3 is 0 Å². The maximum absolute atomic E-state index is 12.5. The molecule has 0 N–H and O–H groups in total. The van der Waals surface area contributed by atoms with Gasteiger partial charge in [-0.2, -0.15) is 0 Å². The van der Waals surface area contributed by atoms with Crippen molar-refractivity contribution in [2.75, 3.05) is 13.6 Å². The van der Waals surface area contributed by atoms with Gasteiger partial charge in [-0.25, -0.2) is 12.7 Å². The summed E-state index contributed by atoms with van der Waals surface area (Å²) in [7, 11) is -2.10. The van der Waals surface area contributed by atoms with E-state index in [0.29, 0.717) is 17.1 Å². The average molecular weight is 359 g/mol. The number of alkyl halides is 1. The highest BCUT2D eigenvalue weighted by Crippen LogP contribution is 2.32. The first-order valence-corrected chi connectivity index (χ1v) is 9.07. The zero-order valence-corrected chi connectivity index (χ0v) is 14.6. The number of unbranched alkanes of at least 4 members (excludes halogenated alkanes) is 2. The Morgan fingerprint density at radius 3 is 2.40 bits per heavy atom. The summed E-state index contributed by atoms with van der Waals surface area (Å²) < 4.78 is 26.3. The molecule has 1 aromatic carbocycles. The molecule has 0 saturated heterocycles. The highest BCUT2D eigenvalue weighted by molar-refractivity contribution is 7.89. The van der Waals surface area contributed by atoms with E-state index in [9.17, 15) is 8.42 Å². The van der Waals surface area contributed by atoms with Crippen LogP contribution in [0.25, 0.3) is 0 Å². The molecule has 0 bridgehead atoms. The second kappa shape index (κ2) is 7.85. The molecule has 20 heavy (non-hydrogen) atoms. The third-order valence-electron chi connectivity index (χ3n) is 2.99. The van der Waals surface area contributed by atoms with Gasteiger partial charge in [-0.15, -0.1) is 11.6 Å². The van der Waals surface area contributed by atoms with Crippen molar-refractivity contribution < 1.29 is 8.42 Å². The molecular formula is C13H18Cl3NO2S. The van der Waals surface area contributed by atoms with Crippen LogP contribution in [0, 0.1) is 0 Å². The normalized spacial score (nSPS) is 12.1. The molecule has 0 fully saturated rings. The highest BCUT2D eigenvalue weighted by Gasteiger charge is 2.25. The van der Waals surface area contributed by atoms with Gasteiger partial charge in [0.1, 0.15) is 4.90 Å². The van der Waals surface area contributed by atoms with Crippen LogP contribution in [0.15, 0.2) is 17.0 Å². The predicted octanol–water partition coefficient (Wildman–Crippen LogP) is 4.54. The first-order valence-electron chi connectivity index (χ1n) is 6.34. The van der Waals surface area contributed by atoms with E-state index in [2.05, 4.69) is 6.92 Å². The minimum Gasteiger partial charge on any atom is -0.207 e. The van der Waals surface area contributed by atoms with Crippen molar-refractivity contribution in [3.05, 3.63) is 27.7 Å². The van der Waals surface area contributed by atoms with Crippen molar-refractivity contribution in [3.8, 4) is 0 Å². The number of sulfonamides is 1. The van der Waals surface area contributed by atoms with Crippen LogP contribution < -0.4 is 0 Å². The number of benzene rings is 1. The van der Waals surface area contributed by atoms with Crippen LogP contribution in [0.4, 0.5) is 0 Å². The smallest absolute Gasteiger partial charge is 0.207 e. The van der Waals surface area contributed by atoms with Gasteiger partial charge in [0.2, 0.25) is 10.0 Å². The van der Waals surface area contributed by atoms with E-state index in [0.717, 1.165) is 19.3 Å². The van der Waals surface area contributed by atoms with E-state index < -0.39 is 10.0 Å². The second-order valence-corrected chi connectivity index (χ2v) is 7.64. The summed E-state index contributed by atoms with van der Waals surface area (Å²) in [6.07, 6.45) is 2.82. The largest absolute Gasteiger partial charge is 0.244 e. The summed E-state index contributed by atoms with van der Waals surface area (Å²) in [5, 5.41) is 0.456. The van der Waals surface area contributed by atoms with Gasteiger partial charge in [0.25, 0.3) is 0 Å². The Hall–Kier alpha value is -0.000000000000000111. The van der Waals surface area contributed by atoms with E-state index in [1.165, 1.54) is 10.4 Å². The fourth-order valence-corrected chi connectivity index (χ4v) is 4.17. The molecule has 0 radical (unpaired) electrons. The predicted molar refractivity (Wildman–Crippen MR) is 85.4 cm³/mol. The van der Waals surface area contributed by atoms with E-state index >= 15 is 0 Å². The van der Waals surface area contributed by atoms with E-state index in [4.69, 9.17) is 34.8 Å². The molecule has 114 valence electrons. The molecule has 1 rings (SSSR count). The SMILES string of the molecule is CCCCCN(C)S(=O)(=O)c1cc(Cl)cc(CCl)c1Cl. The second-order valence-electron chi connectivity index (χ2n) is 4.54. The molecular weight excluding hydrogens is 341 g/mol. The molecule has 0 aliphatic heterocycles. The fourth-order valence-electron chi connectivity index (χ4n) is 1.78. The number of halogens is 3. The van der Waals surface area contributed by atoms with E-state index in [1.807, 2.05) is 0 Å². The van der Waals surface area contributed by atoms with Crippen molar-refractivity contribution >= 4 is 44.8 Å². The highest BCUT2D eigenvalue weighted by atomic mass is 35.5. The lowest BCUT2D eigenvalue weighted by atomic mass is 10.2. The molecule has 7 heteroatoms. The number of hydrogen-bond donors (Lipinski definition) is 0. The first kappa shape index (κ1) is 18.1. The van der Waals surface area contributed by atoms with Crippen LogP contribution in [0.5, 0.6) is 0 Å². The van der Waals surface area contributed by atoms with Gasteiger partial charge in [0, 0.05) is 24.5 Å². The Labute approximate surface area is 135 Å². The van der Waals surface area contributed by atoms with Gasteiger partial charge < -0.3 is 0 Å². The molecule has 1 aromatic rings. The van der Waals surface area contributed by atoms with Gasteiger partial charge in [-0.1, -0.05) is 43.0 Å². The Kier molecular flexibility index (Phi) is 7.09. The molecule has 0 aliphatic carbocycles. The van der Waals surface area contributed by atoms with Gasteiger partial charge in [-0.05, 0) is 24.1 Å². The van der Waals surface area contributed by atoms with Gasteiger partial charge in [0.15, 0.2) is 0 Å². The minimum atomic E-state index is -3.65. The quantitative estimate of drug-likeness (QED) is 0.530. The van der Waals surface area contributed by atoms with Crippen molar-refractivity contribution in [2.45, 2.75) is 37.0 Å². The summed E-state index contributed by atoms with van der Waals surface area (Å²) in [5.74, 6) is 0.113. The molecule has 0 heterocycles. The minimum absolute atomic E-state index is 0.0151. The Balaban J connectivity index is 3.12. The summed E-state index contributed by atoms with van der Waals surface area (Å²) in [6, 6.07) is 2.94. The van der Waals surface area contributed by atoms with Crippen LogP contribution in [-0.2, 0) is 15.9 Å². The Morgan fingerprint density at radius 1 is 1.20 bits per heavy atom. The fraction of sp³-hybridized carbons (Fsp3) is 0.538. The maximum atomic E-state index is 12.5. The lowest BCUT2D eigenvalue weighted by Gasteiger charge is -2.19. The van der Waals surface area contributed by atoms with Crippen molar-refractivity contribution in [2.24, 2.45) is 0 Å². The molecule has 0 atom stereocenters. The van der Waals surface area contributed by atoms with Crippen LogP contribution in [-0.4, -0.2) is 26.3 Å². The Morgan fingerprint density at radius 2 is 1.85 bits per heavy atom. The molecule has 0 aromatic heterocycles. The van der Waals surface area contributed by atoms with Crippen LogP contribution in [0.2, 0.25) is 10.0 Å². The zero-order valence-electron chi connectivity index (χ0n) is 11.5. The maximum Gasteiger partial charge on any atom is 0.244 e. The zero-order chi connectivity index (χ0) is 15.3. The van der Waals surface area contributed by atoms with E-state index in [1.54, 1.807) is 13.1 Å². The number of hydrogen-bond acceptors (Lipinski definition) is 2. The number of nitrogens with zero attached hydrogens (tertiary/aromatic N) is 1. The van der Waals surface area contributed by atoms with E-state index in [-0.39, 0.29) is 15.8 Å². The van der Waals surface area contributed by atoms with Gasteiger partial charge in [-0.3, -0.25) is 0 Å². The standard InChI is InChI=1S/C13H18Cl3NO2S/c1-3-4-5-6-17(2)20(18,19)12-8-11(15)7-10(9-14)13(12)16/h7-8H,3-6,9H2,1-2H3. The third-order valence-corrected chi connectivity index (χ3v) is 5.93. The summed E-state index contributed by atoms with van der Waals surface area (Å²) in [5.41, 5.74) is 0.515. The topological polar surface area (TPSA) is 37.4 Å². The summed E-state index contributed by atoms with van der Waals surface area (Å²) in [6.45, 7) is 2.52. The number of rotatable bonds is 7. The monoisotopic (exact) mass is 357 g/mol. The van der Waals surface area contributed by atoms with Crippen molar-refractivity contribution in [1.29, 1.82) is 0 Å². The summed E-state index contributed by atoms with van der Waals surface area (Å²) in [4.78, 5) is 0.0151. The lowest BCUT2D eigenvalue weighted by molar-refractivity contribution is 0.454. The average Bonchev–Trinajstić information content (AvgIpc) is 2.40. The third kappa shape index (κ3) is 4.25. The first-order chi connectivity index (χ1) is 9.34. The van der Waals surface area contributed by atoms with Crippen LogP contribution in [0.1, 0.15) is 31.7 Å². The summed E-state index contributed by atoms with van der Waals surface area (Å²) >= 11 is 17.8.